The van der Waals surface area contributed by atoms with Crippen molar-refractivity contribution >= 4 is 0 Å². The van der Waals surface area contributed by atoms with Crippen LogP contribution in [-0.2, 0) is 0 Å². The average Bonchev–Trinajstić information content (AvgIpc) is 2.63. The molecule has 0 radical (unpaired) electrons. The molecule has 2 atom stereocenters. The predicted molar refractivity (Wildman–Crippen MR) is 52.7 cm³/mol. The van der Waals surface area contributed by atoms with E-state index in [0.717, 1.165) is 19.6 Å². The smallest absolute Gasteiger partial charge is 0.0719 e. The summed E-state index contributed by atoms with van der Waals surface area (Å²) in [6.07, 6.45) is 2.60. The molecule has 0 spiro atoms. The number of rotatable bonds is 2. The molecular weight excluding hydrogens is 164 g/mol. The van der Waals surface area contributed by atoms with E-state index in [-0.39, 0.29) is 6.10 Å². The summed E-state index contributed by atoms with van der Waals surface area (Å²) in [5.74, 6) is 0.489. The fraction of sp³-hybridized carbons (Fsp3) is 1.00. The minimum atomic E-state index is -0.0920. The van der Waals surface area contributed by atoms with Crippen molar-refractivity contribution in [3.8, 4) is 0 Å². The molecule has 0 aromatic heterocycles. The third kappa shape index (κ3) is 2.22. The van der Waals surface area contributed by atoms with Crippen LogP contribution in [0.3, 0.4) is 0 Å². The zero-order chi connectivity index (χ0) is 9.26. The summed E-state index contributed by atoms with van der Waals surface area (Å²) in [6.45, 7) is 5.52. The minimum absolute atomic E-state index is 0.0920. The molecule has 3 nitrogen and oxygen atoms in total. The summed E-state index contributed by atoms with van der Waals surface area (Å²) in [4.78, 5) is 4.72. The van der Waals surface area contributed by atoms with Gasteiger partial charge in [0.1, 0.15) is 0 Å². The van der Waals surface area contributed by atoms with E-state index in [2.05, 4.69) is 16.8 Å². The summed E-state index contributed by atoms with van der Waals surface area (Å²) < 4.78 is 0. The Balaban J connectivity index is 1.80. The van der Waals surface area contributed by atoms with Crippen LogP contribution in [0.4, 0.5) is 0 Å². The number of hydrogen-bond donors (Lipinski definition) is 1. The zero-order valence-electron chi connectivity index (χ0n) is 8.45. The molecule has 0 aromatic rings. The second-order valence-corrected chi connectivity index (χ2v) is 4.56. The lowest BCUT2D eigenvalue weighted by Crippen LogP contribution is -2.32. The Kier molecular flexibility index (Phi) is 2.86. The average molecular weight is 184 g/mol. The van der Waals surface area contributed by atoms with Gasteiger partial charge in [-0.3, -0.25) is 0 Å². The summed E-state index contributed by atoms with van der Waals surface area (Å²) in [5.41, 5.74) is 0. The highest BCUT2D eigenvalue weighted by molar-refractivity contribution is 4.84. The minimum Gasteiger partial charge on any atom is -0.391 e. The van der Waals surface area contributed by atoms with Crippen LogP contribution in [-0.4, -0.2) is 60.8 Å². The van der Waals surface area contributed by atoms with Crippen LogP contribution in [0, 0.1) is 5.92 Å². The molecule has 2 heterocycles. The van der Waals surface area contributed by atoms with Gasteiger partial charge in [0.2, 0.25) is 0 Å². The lowest BCUT2D eigenvalue weighted by atomic mass is 10.1. The number of hydrogen-bond acceptors (Lipinski definition) is 3. The number of aliphatic hydroxyl groups is 1. The largest absolute Gasteiger partial charge is 0.391 e. The normalized spacial score (nSPS) is 37.4. The maximum Gasteiger partial charge on any atom is 0.0719 e. The number of likely N-dealkylation sites (tertiary alicyclic amines) is 2. The molecular formula is C10H20N2O. The van der Waals surface area contributed by atoms with Crippen molar-refractivity contribution in [3.05, 3.63) is 0 Å². The van der Waals surface area contributed by atoms with Crippen molar-refractivity contribution in [1.29, 1.82) is 0 Å². The number of β-amino-alcohol motifs (C(OH)–C–C–N with tert-alkyl or cyclic N) is 1. The van der Waals surface area contributed by atoms with E-state index in [1.807, 2.05) is 0 Å². The van der Waals surface area contributed by atoms with Crippen LogP contribution in [0.2, 0.25) is 0 Å². The zero-order valence-corrected chi connectivity index (χ0v) is 8.45. The molecule has 13 heavy (non-hydrogen) atoms. The van der Waals surface area contributed by atoms with Crippen molar-refractivity contribution in [2.24, 2.45) is 5.92 Å². The quantitative estimate of drug-likeness (QED) is 0.654. The van der Waals surface area contributed by atoms with Crippen LogP contribution in [0.5, 0.6) is 0 Å². The Morgan fingerprint density at radius 1 is 1.23 bits per heavy atom. The molecule has 76 valence electrons. The predicted octanol–water partition coefficient (Wildman–Crippen LogP) is 0.00470. The topological polar surface area (TPSA) is 26.7 Å². The monoisotopic (exact) mass is 184 g/mol. The Hall–Kier alpha value is -0.120. The van der Waals surface area contributed by atoms with Gasteiger partial charge < -0.3 is 14.9 Å². The van der Waals surface area contributed by atoms with Crippen LogP contribution < -0.4 is 0 Å². The summed E-state index contributed by atoms with van der Waals surface area (Å²) in [6, 6.07) is 0. The molecule has 0 saturated carbocycles. The lowest BCUT2D eigenvalue weighted by molar-refractivity contribution is 0.121. The lowest BCUT2D eigenvalue weighted by Gasteiger charge is -2.21. The summed E-state index contributed by atoms with van der Waals surface area (Å²) in [5, 5.41) is 9.75. The van der Waals surface area contributed by atoms with E-state index < -0.39 is 0 Å². The second-order valence-electron chi connectivity index (χ2n) is 4.56. The van der Waals surface area contributed by atoms with Crippen molar-refractivity contribution in [3.63, 3.8) is 0 Å². The van der Waals surface area contributed by atoms with E-state index in [1.54, 1.807) is 0 Å². The molecule has 3 heteroatoms. The van der Waals surface area contributed by atoms with Gasteiger partial charge in [0, 0.05) is 25.6 Å². The van der Waals surface area contributed by atoms with Crippen LogP contribution in [0.25, 0.3) is 0 Å². The van der Waals surface area contributed by atoms with Gasteiger partial charge in [0.05, 0.1) is 6.10 Å². The fourth-order valence-corrected chi connectivity index (χ4v) is 2.54. The summed E-state index contributed by atoms with van der Waals surface area (Å²) in [7, 11) is 2.09. The van der Waals surface area contributed by atoms with Gasteiger partial charge >= 0.3 is 0 Å². The van der Waals surface area contributed by atoms with Gasteiger partial charge in [-0.25, -0.2) is 0 Å². The standard InChI is InChI=1S/C10H20N2O/c1-11-6-9(10(13)8-11)7-12-4-2-3-5-12/h9-10,13H,2-8H2,1H3. The van der Waals surface area contributed by atoms with E-state index >= 15 is 0 Å². The third-order valence-corrected chi connectivity index (χ3v) is 3.28. The first-order valence-corrected chi connectivity index (χ1v) is 5.34. The highest BCUT2D eigenvalue weighted by Gasteiger charge is 2.30. The van der Waals surface area contributed by atoms with Gasteiger partial charge in [0.25, 0.3) is 0 Å². The molecule has 2 fully saturated rings. The fourth-order valence-electron chi connectivity index (χ4n) is 2.54. The number of nitrogens with zero attached hydrogens (tertiary/aromatic N) is 2. The Morgan fingerprint density at radius 2 is 1.92 bits per heavy atom. The highest BCUT2D eigenvalue weighted by atomic mass is 16.3. The number of aliphatic hydroxyl groups excluding tert-OH is 1. The molecule has 0 amide bonds. The molecule has 2 unspecified atom stereocenters. The number of likely N-dealkylation sites (N-methyl/N-ethyl adjacent to an activating group) is 1. The third-order valence-electron chi connectivity index (χ3n) is 3.28. The summed E-state index contributed by atoms with van der Waals surface area (Å²) >= 11 is 0. The van der Waals surface area contributed by atoms with Gasteiger partial charge in [-0.05, 0) is 33.0 Å². The Bertz CT molecular complexity index is 168. The van der Waals surface area contributed by atoms with Gasteiger partial charge in [-0.1, -0.05) is 0 Å². The molecule has 1 N–H and O–H groups in total. The molecule has 2 aliphatic heterocycles. The first-order valence-electron chi connectivity index (χ1n) is 5.34. The first kappa shape index (κ1) is 9.44. The van der Waals surface area contributed by atoms with Crippen molar-refractivity contribution in [2.45, 2.75) is 18.9 Å². The molecule has 0 bridgehead atoms. The van der Waals surface area contributed by atoms with E-state index in [1.165, 1.54) is 25.9 Å². The molecule has 0 aromatic carbocycles. The molecule has 2 saturated heterocycles. The second kappa shape index (κ2) is 3.95. The maximum absolute atomic E-state index is 9.75. The Morgan fingerprint density at radius 3 is 2.46 bits per heavy atom. The van der Waals surface area contributed by atoms with E-state index in [4.69, 9.17) is 0 Å². The van der Waals surface area contributed by atoms with Gasteiger partial charge in [-0.2, -0.15) is 0 Å². The van der Waals surface area contributed by atoms with Crippen molar-refractivity contribution < 1.29 is 5.11 Å². The van der Waals surface area contributed by atoms with Crippen LogP contribution in [0.1, 0.15) is 12.8 Å². The first-order chi connectivity index (χ1) is 6.25. The van der Waals surface area contributed by atoms with Crippen LogP contribution >= 0.6 is 0 Å². The van der Waals surface area contributed by atoms with E-state index in [9.17, 15) is 5.11 Å². The van der Waals surface area contributed by atoms with Crippen LogP contribution in [0.15, 0.2) is 0 Å². The van der Waals surface area contributed by atoms with Crippen molar-refractivity contribution in [1.82, 2.24) is 9.80 Å². The highest BCUT2D eigenvalue weighted by Crippen LogP contribution is 2.18. The van der Waals surface area contributed by atoms with E-state index in [0.29, 0.717) is 5.92 Å². The van der Waals surface area contributed by atoms with Crippen molar-refractivity contribution in [2.75, 3.05) is 39.8 Å². The molecule has 0 aliphatic carbocycles. The maximum atomic E-state index is 9.75. The van der Waals surface area contributed by atoms with Gasteiger partial charge in [-0.15, -0.1) is 0 Å². The van der Waals surface area contributed by atoms with Gasteiger partial charge in [0.15, 0.2) is 0 Å². The molecule has 2 rings (SSSR count). The SMILES string of the molecule is CN1CC(O)C(CN2CCCC2)C1. The molecule has 2 aliphatic rings. The Labute approximate surface area is 80.3 Å².